The van der Waals surface area contributed by atoms with E-state index in [4.69, 9.17) is 11.5 Å². The van der Waals surface area contributed by atoms with Crippen LogP contribution >= 0.6 is 0 Å². The van der Waals surface area contributed by atoms with E-state index < -0.39 is 0 Å². The molecule has 0 aliphatic heterocycles. The third-order valence-electron chi connectivity index (χ3n) is 3.46. The highest BCUT2D eigenvalue weighted by Crippen LogP contribution is 2.35. The van der Waals surface area contributed by atoms with Gasteiger partial charge in [0.25, 0.3) is 0 Å². The molecule has 5 N–H and O–H groups in total. The molecule has 84 valence electrons. The fourth-order valence-corrected chi connectivity index (χ4v) is 2.45. The SMILES string of the molecule is NCC1(c2nc(N)n[nH]2)CCCCCC1. The predicted molar refractivity (Wildman–Crippen MR) is 59.2 cm³/mol. The lowest BCUT2D eigenvalue weighted by Gasteiger charge is -2.28. The largest absolute Gasteiger partial charge is 0.367 e. The molecule has 0 bridgehead atoms. The molecule has 2 rings (SSSR count). The average molecular weight is 209 g/mol. The monoisotopic (exact) mass is 209 g/mol. The van der Waals surface area contributed by atoms with Gasteiger partial charge in [-0.1, -0.05) is 25.7 Å². The normalized spacial score (nSPS) is 21.1. The smallest absolute Gasteiger partial charge is 0.239 e. The van der Waals surface area contributed by atoms with Gasteiger partial charge in [0.05, 0.1) is 0 Å². The third-order valence-corrected chi connectivity index (χ3v) is 3.46. The summed E-state index contributed by atoms with van der Waals surface area (Å²) in [6, 6.07) is 0. The van der Waals surface area contributed by atoms with Crippen molar-refractivity contribution in [3.05, 3.63) is 5.82 Å². The lowest BCUT2D eigenvalue weighted by Crippen LogP contribution is -2.35. The van der Waals surface area contributed by atoms with Crippen LogP contribution in [-0.2, 0) is 5.41 Å². The molecule has 1 aliphatic rings. The first kappa shape index (κ1) is 10.4. The molecular formula is C10H19N5. The van der Waals surface area contributed by atoms with Crippen molar-refractivity contribution >= 4 is 5.95 Å². The van der Waals surface area contributed by atoms with E-state index in [1.165, 1.54) is 25.7 Å². The first-order valence-corrected chi connectivity index (χ1v) is 5.65. The fourth-order valence-electron chi connectivity index (χ4n) is 2.45. The molecule has 1 aromatic heterocycles. The van der Waals surface area contributed by atoms with Crippen LogP contribution in [0.15, 0.2) is 0 Å². The van der Waals surface area contributed by atoms with Gasteiger partial charge in [-0.05, 0) is 12.8 Å². The Morgan fingerprint density at radius 2 is 1.87 bits per heavy atom. The molecule has 0 radical (unpaired) electrons. The van der Waals surface area contributed by atoms with Crippen molar-refractivity contribution in [1.82, 2.24) is 15.2 Å². The van der Waals surface area contributed by atoms with E-state index in [1.807, 2.05) is 0 Å². The van der Waals surface area contributed by atoms with Gasteiger partial charge in [0, 0.05) is 12.0 Å². The topological polar surface area (TPSA) is 93.6 Å². The molecule has 0 unspecified atom stereocenters. The minimum Gasteiger partial charge on any atom is -0.367 e. The molecule has 1 fully saturated rings. The highest BCUT2D eigenvalue weighted by Gasteiger charge is 2.34. The van der Waals surface area contributed by atoms with Crippen LogP contribution in [0.1, 0.15) is 44.3 Å². The molecular weight excluding hydrogens is 190 g/mol. The zero-order chi connectivity index (χ0) is 10.7. The molecule has 5 heteroatoms. The number of rotatable bonds is 2. The van der Waals surface area contributed by atoms with Crippen molar-refractivity contribution < 1.29 is 0 Å². The lowest BCUT2D eigenvalue weighted by atomic mass is 9.80. The first-order chi connectivity index (χ1) is 7.27. The van der Waals surface area contributed by atoms with Crippen molar-refractivity contribution in [3.63, 3.8) is 0 Å². The summed E-state index contributed by atoms with van der Waals surface area (Å²) in [5.74, 6) is 1.20. The fraction of sp³-hybridized carbons (Fsp3) is 0.800. The van der Waals surface area contributed by atoms with Crippen molar-refractivity contribution in [1.29, 1.82) is 0 Å². The Morgan fingerprint density at radius 3 is 2.33 bits per heavy atom. The molecule has 0 aromatic carbocycles. The third kappa shape index (κ3) is 1.97. The van der Waals surface area contributed by atoms with Gasteiger partial charge in [0.1, 0.15) is 5.82 Å². The second-order valence-electron chi connectivity index (χ2n) is 4.44. The van der Waals surface area contributed by atoms with Gasteiger partial charge < -0.3 is 11.5 Å². The summed E-state index contributed by atoms with van der Waals surface area (Å²) in [6.07, 6.45) is 7.22. The number of hydrogen-bond acceptors (Lipinski definition) is 4. The van der Waals surface area contributed by atoms with E-state index in [1.54, 1.807) is 0 Å². The molecule has 0 saturated heterocycles. The first-order valence-electron chi connectivity index (χ1n) is 5.65. The summed E-state index contributed by atoms with van der Waals surface area (Å²) in [7, 11) is 0. The number of nitrogens with one attached hydrogen (secondary N) is 1. The molecule has 0 spiro atoms. The molecule has 15 heavy (non-hydrogen) atoms. The average Bonchev–Trinajstić information content (AvgIpc) is 2.56. The van der Waals surface area contributed by atoms with Gasteiger partial charge in [-0.25, -0.2) is 0 Å². The number of H-pyrrole nitrogens is 1. The second-order valence-corrected chi connectivity index (χ2v) is 4.44. The number of nitrogen functional groups attached to an aromatic ring is 1. The van der Waals surface area contributed by atoms with Crippen LogP contribution < -0.4 is 11.5 Å². The standard InChI is InChI=1S/C10H19N5/c11-7-10(5-3-1-2-4-6-10)8-13-9(12)15-14-8/h1-7,11H2,(H3,12,13,14,15). The zero-order valence-corrected chi connectivity index (χ0v) is 9.00. The minimum atomic E-state index is -0.0128. The van der Waals surface area contributed by atoms with Gasteiger partial charge in [0.2, 0.25) is 5.95 Å². The Balaban J connectivity index is 2.26. The molecule has 0 atom stereocenters. The quantitative estimate of drug-likeness (QED) is 0.632. The highest BCUT2D eigenvalue weighted by molar-refractivity contribution is 5.19. The van der Waals surface area contributed by atoms with Crippen molar-refractivity contribution in [2.75, 3.05) is 12.3 Å². The van der Waals surface area contributed by atoms with E-state index in [0.717, 1.165) is 18.7 Å². The summed E-state index contributed by atoms with van der Waals surface area (Å²) in [4.78, 5) is 4.25. The summed E-state index contributed by atoms with van der Waals surface area (Å²) < 4.78 is 0. The Kier molecular flexibility index (Phi) is 2.90. The van der Waals surface area contributed by atoms with E-state index >= 15 is 0 Å². The molecule has 0 amide bonds. The van der Waals surface area contributed by atoms with E-state index in [2.05, 4.69) is 15.2 Å². The van der Waals surface area contributed by atoms with Gasteiger partial charge in [0.15, 0.2) is 0 Å². The molecule has 5 nitrogen and oxygen atoms in total. The van der Waals surface area contributed by atoms with Crippen LogP contribution in [0, 0.1) is 0 Å². The van der Waals surface area contributed by atoms with Crippen LogP contribution in [0.5, 0.6) is 0 Å². The van der Waals surface area contributed by atoms with Crippen LogP contribution in [0.4, 0.5) is 5.95 Å². The molecule has 1 aliphatic carbocycles. The van der Waals surface area contributed by atoms with Crippen LogP contribution in [0.25, 0.3) is 0 Å². The Labute approximate surface area is 89.6 Å². The van der Waals surface area contributed by atoms with Crippen molar-refractivity contribution in [2.45, 2.75) is 43.9 Å². The Hall–Kier alpha value is -1.10. The van der Waals surface area contributed by atoms with E-state index in [0.29, 0.717) is 12.5 Å². The van der Waals surface area contributed by atoms with Crippen molar-refractivity contribution in [2.24, 2.45) is 5.73 Å². The van der Waals surface area contributed by atoms with Crippen LogP contribution in [0.3, 0.4) is 0 Å². The minimum absolute atomic E-state index is 0.0128. The number of aromatic nitrogens is 3. The zero-order valence-electron chi connectivity index (χ0n) is 9.00. The number of nitrogens with zero attached hydrogens (tertiary/aromatic N) is 2. The number of aromatic amines is 1. The highest BCUT2D eigenvalue weighted by atomic mass is 15.3. The van der Waals surface area contributed by atoms with Crippen LogP contribution in [0.2, 0.25) is 0 Å². The van der Waals surface area contributed by atoms with E-state index in [9.17, 15) is 0 Å². The Bertz CT molecular complexity index is 311. The summed E-state index contributed by atoms with van der Waals surface area (Å²) >= 11 is 0. The maximum atomic E-state index is 5.92. The van der Waals surface area contributed by atoms with Gasteiger partial charge in [-0.3, -0.25) is 5.10 Å². The van der Waals surface area contributed by atoms with Crippen molar-refractivity contribution in [3.8, 4) is 0 Å². The van der Waals surface area contributed by atoms with Gasteiger partial charge in [-0.15, -0.1) is 5.10 Å². The second kappa shape index (κ2) is 4.18. The molecule has 1 saturated carbocycles. The molecule has 1 aromatic rings. The maximum absolute atomic E-state index is 5.92. The number of nitrogens with two attached hydrogens (primary N) is 2. The molecule has 1 heterocycles. The lowest BCUT2D eigenvalue weighted by molar-refractivity contribution is 0.360. The number of hydrogen-bond donors (Lipinski definition) is 3. The summed E-state index contributed by atoms with van der Waals surface area (Å²) in [5.41, 5.74) is 11.5. The maximum Gasteiger partial charge on any atom is 0.239 e. The Morgan fingerprint density at radius 1 is 1.20 bits per heavy atom. The van der Waals surface area contributed by atoms with Crippen LogP contribution in [-0.4, -0.2) is 21.7 Å². The van der Waals surface area contributed by atoms with E-state index in [-0.39, 0.29) is 5.41 Å². The summed E-state index contributed by atoms with van der Waals surface area (Å²) in [5, 5.41) is 6.83. The van der Waals surface area contributed by atoms with Gasteiger partial charge in [-0.2, -0.15) is 4.98 Å². The predicted octanol–water partition coefficient (Wildman–Crippen LogP) is 0.938. The summed E-state index contributed by atoms with van der Waals surface area (Å²) in [6.45, 7) is 0.627. The number of anilines is 1. The van der Waals surface area contributed by atoms with Gasteiger partial charge >= 0.3 is 0 Å².